The number of allylic oxidation sites excluding steroid dienone is 5. The molecule has 0 amide bonds. The van der Waals surface area contributed by atoms with Gasteiger partial charge in [-0.15, -0.1) is 4.37 Å². The molecule has 9 nitrogen and oxygen atoms in total. The summed E-state index contributed by atoms with van der Waals surface area (Å²) in [5.74, 6) is 3.24. The Bertz CT molecular complexity index is 1860. The predicted octanol–water partition coefficient (Wildman–Crippen LogP) is 8.36. The highest BCUT2D eigenvalue weighted by molar-refractivity contribution is 7.91. The lowest BCUT2D eigenvalue weighted by Crippen LogP contribution is -2.68. The smallest absolute Gasteiger partial charge is 0.313 e. The van der Waals surface area contributed by atoms with Gasteiger partial charge in [-0.1, -0.05) is 58.9 Å². The van der Waals surface area contributed by atoms with Crippen molar-refractivity contribution in [2.45, 2.75) is 124 Å². The Hall–Kier alpha value is -2.08. The zero-order valence-corrected chi connectivity index (χ0v) is 36.6. The topological polar surface area (TPSA) is 122 Å². The second kappa shape index (κ2) is 14.3. The third-order valence-electron chi connectivity index (χ3n) is 18.2. The van der Waals surface area contributed by atoms with E-state index in [1.807, 2.05) is 0 Å². The van der Waals surface area contributed by atoms with Gasteiger partial charge in [0.1, 0.15) is 18.2 Å². The van der Waals surface area contributed by atoms with Crippen molar-refractivity contribution in [3.05, 3.63) is 41.6 Å². The summed E-state index contributed by atoms with van der Waals surface area (Å²) in [5.41, 5.74) is 4.09. The molecule has 1 aliphatic heterocycles. The van der Waals surface area contributed by atoms with Gasteiger partial charge in [-0.3, -0.25) is 4.79 Å². The molecule has 310 valence electrons. The molecule has 8 rings (SSSR count). The van der Waals surface area contributed by atoms with Gasteiger partial charge in [0.15, 0.2) is 9.84 Å². The van der Waals surface area contributed by atoms with Crippen LogP contribution in [0.1, 0.15) is 119 Å². The zero-order chi connectivity index (χ0) is 39.9. The maximum absolute atomic E-state index is 12.6. The molecule has 2 N–H and O–H groups in total. The number of aromatic nitrogens is 2. The number of rotatable bonds is 10. The van der Waals surface area contributed by atoms with E-state index in [4.69, 9.17) is 4.74 Å². The van der Waals surface area contributed by atoms with Crippen molar-refractivity contribution in [3.63, 3.8) is 0 Å². The minimum Gasteiger partial charge on any atom is -0.481 e. The minimum atomic E-state index is -2.87. The molecular weight excluding hydrogens is 741 g/mol. The molecule has 1 aromatic rings. The summed E-state index contributed by atoms with van der Waals surface area (Å²) in [6.45, 7) is 23.2. The molecular formula is C45H68N4O5S2. The molecule has 6 aliphatic carbocycles. The highest BCUT2D eigenvalue weighted by Crippen LogP contribution is 2.76. The number of sulfone groups is 1. The van der Waals surface area contributed by atoms with Gasteiger partial charge in [0.25, 0.3) is 0 Å². The summed E-state index contributed by atoms with van der Waals surface area (Å²) < 4.78 is 38.1. The predicted molar refractivity (Wildman–Crippen MR) is 223 cm³/mol. The Balaban J connectivity index is 1.01. The van der Waals surface area contributed by atoms with Crippen LogP contribution in [0, 0.1) is 56.7 Å². The zero-order valence-electron chi connectivity index (χ0n) is 35.0. The summed E-state index contributed by atoms with van der Waals surface area (Å²) >= 11 is 1.07. The van der Waals surface area contributed by atoms with Gasteiger partial charge < -0.3 is 20.1 Å². The molecule has 1 saturated heterocycles. The van der Waals surface area contributed by atoms with E-state index in [0.717, 1.165) is 37.7 Å². The normalized spacial score (nSPS) is 42.9. The first-order valence-electron chi connectivity index (χ1n) is 21.8. The summed E-state index contributed by atoms with van der Waals surface area (Å²) in [4.78, 5) is 15.0. The Labute approximate surface area is 340 Å². The molecule has 0 radical (unpaired) electrons. The van der Waals surface area contributed by atoms with E-state index < -0.39 is 21.2 Å². The third-order valence-corrected chi connectivity index (χ3v) is 20.3. The van der Waals surface area contributed by atoms with Crippen molar-refractivity contribution in [2.75, 3.05) is 44.3 Å². The van der Waals surface area contributed by atoms with Crippen LogP contribution in [0.4, 0.5) is 0 Å². The number of carboxylic acid groups (broad SMARTS) is 1. The van der Waals surface area contributed by atoms with E-state index >= 15 is 0 Å². The van der Waals surface area contributed by atoms with Crippen LogP contribution in [0.3, 0.4) is 0 Å². The molecule has 0 bridgehead atoms. The summed E-state index contributed by atoms with van der Waals surface area (Å²) in [7, 11) is -2.87. The lowest BCUT2D eigenvalue weighted by atomic mass is 9.33. The van der Waals surface area contributed by atoms with Crippen LogP contribution in [-0.2, 0) is 14.6 Å². The highest BCUT2D eigenvalue weighted by atomic mass is 32.2. The summed E-state index contributed by atoms with van der Waals surface area (Å²) in [6, 6.07) is 0. The Morgan fingerprint density at radius 3 is 2.41 bits per heavy atom. The van der Waals surface area contributed by atoms with Crippen molar-refractivity contribution >= 4 is 27.5 Å². The first kappa shape index (κ1) is 40.7. The summed E-state index contributed by atoms with van der Waals surface area (Å²) in [5, 5.41) is 14.6. The van der Waals surface area contributed by atoms with E-state index in [9.17, 15) is 18.3 Å². The van der Waals surface area contributed by atoms with Crippen LogP contribution in [-0.4, -0.2) is 83.0 Å². The lowest BCUT2D eigenvalue weighted by molar-refractivity contribution is -0.221. The van der Waals surface area contributed by atoms with E-state index in [1.165, 1.54) is 68.1 Å². The van der Waals surface area contributed by atoms with Gasteiger partial charge in [-0.25, -0.2) is 8.42 Å². The Morgan fingerprint density at radius 2 is 1.75 bits per heavy atom. The maximum atomic E-state index is 12.6. The molecule has 11 heteroatoms. The number of carboxylic acids is 1. The fraction of sp³-hybridized carbons (Fsp3) is 0.800. The highest BCUT2D eigenvalue weighted by Gasteiger charge is 2.70. The van der Waals surface area contributed by atoms with E-state index in [2.05, 4.69) is 79.2 Å². The Morgan fingerprint density at radius 1 is 0.982 bits per heavy atom. The van der Waals surface area contributed by atoms with Crippen molar-refractivity contribution < 1.29 is 23.1 Å². The molecule has 0 aromatic carbocycles. The van der Waals surface area contributed by atoms with E-state index in [-0.39, 0.29) is 33.8 Å². The number of fused-ring (bicyclic) bond motifs is 7. The molecule has 2 heterocycles. The van der Waals surface area contributed by atoms with Crippen LogP contribution in [0.5, 0.6) is 5.88 Å². The summed E-state index contributed by atoms with van der Waals surface area (Å²) in [6.07, 6.45) is 19.3. The van der Waals surface area contributed by atoms with Gasteiger partial charge in [0.05, 0.1) is 23.2 Å². The average Bonchev–Trinajstić information content (AvgIpc) is 3.81. The monoisotopic (exact) mass is 808 g/mol. The molecule has 4 saturated carbocycles. The second-order valence-corrected chi connectivity index (χ2v) is 23.7. The number of aliphatic carboxylic acids is 1. The molecule has 0 spiro atoms. The average molecular weight is 809 g/mol. The van der Waals surface area contributed by atoms with Gasteiger partial charge in [-0.05, 0) is 146 Å². The number of hydrogen-bond donors (Lipinski definition) is 2. The number of hydrogen-bond acceptors (Lipinski definition) is 9. The number of carbonyl (C=O) groups is 1. The molecule has 7 aliphatic rings. The second-order valence-electron chi connectivity index (χ2n) is 20.9. The maximum Gasteiger partial charge on any atom is 0.313 e. The van der Waals surface area contributed by atoms with Gasteiger partial charge in [-0.2, -0.15) is 4.37 Å². The first-order valence-corrected chi connectivity index (χ1v) is 24.3. The minimum absolute atomic E-state index is 0.00455. The van der Waals surface area contributed by atoms with Gasteiger partial charge >= 0.3 is 5.97 Å². The van der Waals surface area contributed by atoms with Gasteiger partial charge in [0, 0.05) is 31.7 Å². The molecule has 1 aromatic heterocycles. The van der Waals surface area contributed by atoms with Crippen LogP contribution in [0.15, 0.2) is 41.6 Å². The molecule has 56 heavy (non-hydrogen) atoms. The quantitative estimate of drug-likeness (QED) is 0.225. The van der Waals surface area contributed by atoms with Crippen molar-refractivity contribution in [1.29, 1.82) is 0 Å². The number of nitrogens with zero attached hydrogens (tertiary/aromatic N) is 3. The van der Waals surface area contributed by atoms with Gasteiger partial charge in [0.2, 0.25) is 5.88 Å². The largest absolute Gasteiger partial charge is 0.481 e. The van der Waals surface area contributed by atoms with Crippen molar-refractivity contribution in [2.24, 2.45) is 56.7 Å². The van der Waals surface area contributed by atoms with Crippen LogP contribution in [0.2, 0.25) is 0 Å². The van der Waals surface area contributed by atoms with Crippen LogP contribution in [0.25, 0.3) is 0 Å². The van der Waals surface area contributed by atoms with E-state index in [1.54, 1.807) is 6.20 Å². The van der Waals surface area contributed by atoms with Crippen LogP contribution >= 0.6 is 11.7 Å². The molecule has 5 fully saturated rings. The van der Waals surface area contributed by atoms with Crippen molar-refractivity contribution in [3.8, 4) is 5.88 Å². The third kappa shape index (κ3) is 6.41. The SMILES string of the molecule is C=C(C)C1CC[C@]2(NCCN3CCS(=O)(=O)CC3)CC[C@]3(C)[C@H](CC[C@@H]4[C@@]5(C)CC=C(C6=CCC(COc7cnsn7)(C(=O)O)CC6)C(C)(C)[C@@H]5CC[C@]43C)[C@@H]12. The first-order chi connectivity index (χ1) is 26.4. The number of nitrogens with one attached hydrogen (secondary N) is 1. The van der Waals surface area contributed by atoms with Crippen molar-refractivity contribution in [1.82, 2.24) is 19.0 Å². The lowest BCUT2D eigenvalue weighted by Gasteiger charge is -2.72. The van der Waals surface area contributed by atoms with Crippen LogP contribution < -0.4 is 10.1 Å². The van der Waals surface area contributed by atoms with E-state index in [0.29, 0.717) is 72.9 Å². The standard InChI is InChI=1S/C45H68N4O5S2/c1-30(2)32-12-19-45(46-22-23-49-24-26-56(52,53)27-25-49)21-20-42(6)34(38(32)45)8-9-36-41(5)15-13-33(40(3,4)35(41)14-16-43(36,42)7)31-10-17-44(18-11-31,39(50)51)29-54-37-28-47-55-48-37/h10,13,28,32,34-36,38,46H,1,8-9,11-12,14-27,29H2,2-7H3,(H,50,51)/t32?,34-,35+,36-,38-,41+,42-,43-,44?,45+/m1/s1. The molecule has 2 unspecified atom stereocenters. The Kier molecular flexibility index (Phi) is 10.4. The fourth-order valence-electron chi connectivity index (χ4n) is 15.0. The molecule has 10 atom stereocenters. The number of ether oxygens (including phenoxy) is 1. The fourth-order valence-corrected chi connectivity index (χ4v) is 16.6.